The van der Waals surface area contributed by atoms with E-state index in [0.29, 0.717) is 23.2 Å². The Morgan fingerprint density at radius 2 is 1.56 bits per heavy atom. The van der Waals surface area contributed by atoms with E-state index in [1.807, 2.05) is 31.0 Å². The molecule has 0 atom stereocenters. The molecule has 0 aliphatic heterocycles. The van der Waals surface area contributed by atoms with Gasteiger partial charge in [-0.2, -0.15) is 0 Å². The van der Waals surface area contributed by atoms with Crippen molar-refractivity contribution in [2.45, 2.75) is 42.9 Å². The molecule has 0 radical (unpaired) electrons. The zero-order chi connectivity index (χ0) is 28.4. The van der Waals surface area contributed by atoms with Crippen LogP contribution in [0.4, 0.5) is 11.5 Å². The van der Waals surface area contributed by atoms with Crippen molar-refractivity contribution in [3.8, 4) is 34.3 Å². The van der Waals surface area contributed by atoms with Gasteiger partial charge in [0.25, 0.3) is 5.89 Å². The number of aliphatic hydroxyl groups is 2. The highest BCUT2D eigenvalue weighted by Crippen LogP contribution is 2.31. The standard InChI is InChI=1S/C27H32N6O5S/c1-5-27(15-34,16-35)33(4)20-10-6-19(7-11-20)25-31-32-26(38-25)23-24(28)29-14-22(30-23)18-8-12-21(13-9-18)39(36,37)17(2)3/h6-14,17,34-35H,5,15-16H2,1-4H3,(H2,28,29). The molecule has 2 aromatic heterocycles. The lowest BCUT2D eigenvalue weighted by Crippen LogP contribution is -2.52. The second-order valence-electron chi connectivity index (χ2n) is 9.52. The lowest BCUT2D eigenvalue weighted by Gasteiger charge is -2.40. The van der Waals surface area contributed by atoms with Gasteiger partial charge in [0.05, 0.1) is 40.8 Å². The summed E-state index contributed by atoms with van der Waals surface area (Å²) in [6, 6.07) is 13.7. The first kappa shape index (κ1) is 28.1. The molecular formula is C27H32N6O5S. The number of nitrogens with two attached hydrogens (primary N) is 1. The Balaban J connectivity index is 1.60. The summed E-state index contributed by atoms with van der Waals surface area (Å²) in [6.07, 6.45) is 2.06. The molecular weight excluding hydrogens is 520 g/mol. The Kier molecular flexibility index (Phi) is 8.00. The molecule has 4 aromatic rings. The summed E-state index contributed by atoms with van der Waals surface area (Å²) in [4.78, 5) is 10.8. The van der Waals surface area contributed by atoms with Gasteiger partial charge in [0.1, 0.15) is 0 Å². The van der Waals surface area contributed by atoms with Crippen LogP contribution >= 0.6 is 0 Å². The maximum absolute atomic E-state index is 12.4. The van der Waals surface area contributed by atoms with Crippen LogP contribution in [0.15, 0.2) is 64.0 Å². The van der Waals surface area contributed by atoms with Gasteiger partial charge in [-0.05, 0) is 56.7 Å². The maximum atomic E-state index is 12.4. The number of rotatable bonds is 10. The fraction of sp³-hybridized carbons (Fsp3) is 0.333. The van der Waals surface area contributed by atoms with Crippen LogP contribution in [0.5, 0.6) is 0 Å². The zero-order valence-electron chi connectivity index (χ0n) is 22.2. The zero-order valence-corrected chi connectivity index (χ0v) is 23.1. The molecule has 2 aromatic carbocycles. The van der Waals surface area contributed by atoms with Crippen molar-refractivity contribution in [2.75, 3.05) is 30.9 Å². The van der Waals surface area contributed by atoms with E-state index in [9.17, 15) is 18.6 Å². The van der Waals surface area contributed by atoms with Crippen LogP contribution in [0.25, 0.3) is 34.3 Å². The Labute approximate surface area is 227 Å². The largest absolute Gasteiger partial charge is 0.414 e. The van der Waals surface area contributed by atoms with Crippen molar-refractivity contribution >= 4 is 21.3 Å². The first-order chi connectivity index (χ1) is 18.6. The molecule has 0 saturated carbocycles. The van der Waals surface area contributed by atoms with Crippen molar-refractivity contribution < 1.29 is 23.0 Å². The van der Waals surface area contributed by atoms with E-state index in [1.54, 1.807) is 50.2 Å². The predicted molar refractivity (Wildman–Crippen MR) is 149 cm³/mol. The Morgan fingerprint density at radius 3 is 2.13 bits per heavy atom. The van der Waals surface area contributed by atoms with Crippen LogP contribution in [0, 0.1) is 0 Å². The number of hydrogen-bond donors (Lipinski definition) is 3. The lowest BCUT2D eigenvalue weighted by molar-refractivity contribution is 0.114. The number of likely N-dealkylation sites (N-methyl/N-ethyl adjacent to an activating group) is 1. The fourth-order valence-corrected chi connectivity index (χ4v) is 5.10. The summed E-state index contributed by atoms with van der Waals surface area (Å²) >= 11 is 0. The summed E-state index contributed by atoms with van der Waals surface area (Å²) in [5, 5.41) is 27.4. The van der Waals surface area contributed by atoms with E-state index in [1.165, 1.54) is 6.20 Å². The number of benzene rings is 2. The van der Waals surface area contributed by atoms with Crippen LogP contribution in [-0.4, -0.2) is 69.8 Å². The van der Waals surface area contributed by atoms with Gasteiger partial charge in [-0.1, -0.05) is 19.1 Å². The molecule has 0 amide bonds. The van der Waals surface area contributed by atoms with Gasteiger partial charge in [-0.25, -0.2) is 18.4 Å². The van der Waals surface area contributed by atoms with E-state index in [2.05, 4.69) is 20.2 Å². The van der Waals surface area contributed by atoms with Gasteiger partial charge in [-0.3, -0.25) is 0 Å². The molecule has 206 valence electrons. The maximum Gasteiger partial charge on any atom is 0.270 e. The quantitative estimate of drug-likeness (QED) is 0.264. The molecule has 2 heterocycles. The SMILES string of the molecule is CCC(CO)(CO)N(C)c1ccc(-c2nnc(-c3nc(-c4ccc(S(=O)(=O)C(C)C)cc4)cnc3N)o2)cc1. The number of aromatic nitrogens is 4. The smallest absolute Gasteiger partial charge is 0.270 e. The third-order valence-corrected chi connectivity index (χ3v) is 9.16. The van der Waals surface area contributed by atoms with Gasteiger partial charge < -0.3 is 25.3 Å². The van der Waals surface area contributed by atoms with Gasteiger partial charge in [0, 0.05) is 23.9 Å². The van der Waals surface area contributed by atoms with Crippen LogP contribution in [0.2, 0.25) is 0 Å². The molecule has 11 nitrogen and oxygen atoms in total. The van der Waals surface area contributed by atoms with Crippen LogP contribution in [-0.2, 0) is 9.84 Å². The van der Waals surface area contributed by atoms with Crippen molar-refractivity contribution in [3.05, 3.63) is 54.7 Å². The van der Waals surface area contributed by atoms with Gasteiger partial charge in [0.15, 0.2) is 21.3 Å². The summed E-state index contributed by atoms with van der Waals surface area (Å²) < 4.78 is 30.7. The summed E-state index contributed by atoms with van der Waals surface area (Å²) in [5.41, 5.74) is 8.08. The average Bonchev–Trinajstić information content (AvgIpc) is 3.45. The van der Waals surface area contributed by atoms with Crippen LogP contribution in [0.3, 0.4) is 0 Å². The minimum absolute atomic E-state index is 0.0858. The monoisotopic (exact) mass is 552 g/mol. The minimum Gasteiger partial charge on any atom is -0.414 e. The van der Waals surface area contributed by atoms with Gasteiger partial charge >= 0.3 is 0 Å². The van der Waals surface area contributed by atoms with Gasteiger partial charge in [0.2, 0.25) is 5.89 Å². The lowest BCUT2D eigenvalue weighted by atomic mass is 9.95. The van der Waals surface area contributed by atoms with Crippen molar-refractivity contribution in [1.29, 1.82) is 0 Å². The molecule has 39 heavy (non-hydrogen) atoms. The molecule has 0 unspecified atom stereocenters. The normalized spacial score (nSPS) is 12.2. The molecule has 12 heteroatoms. The molecule has 0 spiro atoms. The third-order valence-electron chi connectivity index (χ3n) is 6.99. The first-order valence-electron chi connectivity index (χ1n) is 12.4. The van der Waals surface area contributed by atoms with E-state index in [-0.39, 0.29) is 41.4 Å². The summed E-state index contributed by atoms with van der Waals surface area (Å²) in [6.45, 7) is 4.81. The van der Waals surface area contributed by atoms with Gasteiger partial charge in [-0.15, -0.1) is 10.2 Å². The third kappa shape index (κ3) is 5.35. The molecule has 0 bridgehead atoms. The number of hydrogen-bond acceptors (Lipinski definition) is 11. The van der Waals surface area contributed by atoms with Crippen LogP contribution < -0.4 is 10.6 Å². The topological polar surface area (TPSA) is 169 Å². The summed E-state index contributed by atoms with van der Waals surface area (Å²) in [5.74, 6) is 0.441. The van der Waals surface area contributed by atoms with E-state index < -0.39 is 20.6 Å². The summed E-state index contributed by atoms with van der Waals surface area (Å²) in [7, 11) is -1.57. The first-order valence-corrected chi connectivity index (χ1v) is 14.0. The number of nitrogen functional groups attached to an aromatic ring is 1. The number of anilines is 2. The highest BCUT2D eigenvalue weighted by molar-refractivity contribution is 7.92. The Bertz CT molecular complexity index is 1520. The second kappa shape index (κ2) is 11.1. The van der Waals surface area contributed by atoms with Crippen molar-refractivity contribution in [2.24, 2.45) is 0 Å². The van der Waals surface area contributed by atoms with Crippen LogP contribution in [0.1, 0.15) is 27.2 Å². The number of sulfone groups is 1. The number of nitrogens with zero attached hydrogens (tertiary/aromatic N) is 5. The molecule has 4 N–H and O–H groups in total. The Morgan fingerprint density at radius 1 is 0.974 bits per heavy atom. The fourth-order valence-electron chi connectivity index (χ4n) is 4.04. The minimum atomic E-state index is -3.39. The molecule has 0 aliphatic rings. The van der Waals surface area contributed by atoms with Crippen molar-refractivity contribution in [1.82, 2.24) is 20.2 Å². The Hall–Kier alpha value is -3.87. The highest BCUT2D eigenvalue weighted by Gasteiger charge is 2.32. The van der Waals surface area contributed by atoms with E-state index in [0.717, 1.165) is 5.69 Å². The molecule has 0 aliphatic carbocycles. The highest BCUT2D eigenvalue weighted by atomic mass is 32.2. The van der Waals surface area contributed by atoms with Crippen molar-refractivity contribution in [3.63, 3.8) is 0 Å². The van der Waals surface area contributed by atoms with E-state index in [4.69, 9.17) is 10.2 Å². The van der Waals surface area contributed by atoms with E-state index >= 15 is 0 Å². The predicted octanol–water partition coefficient (Wildman–Crippen LogP) is 3.19. The molecule has 0 fully saturated rings. The second-order valence-corrected chi connectivity index (χ2v) is 12.0. The average molecular weight is 553 g/mol. The molecule has 4 rings (SSSR count). The molecule has 0 saturated heterocycles. The number of aliphatic hydroxyl groups excluding tert-OH is 2.